The lowest BCUT2D eigenvalue weighted by Gasteiger charge is -2.10. The molecule has 0 saturated carbocycles. The monoisotopic (exact) mass is 379 g/mol. The molecule has 2 aromatic rings. The summed E-state index contributed by atoms with van der Waals surface area (Å²) >= 11 is 0. The molecule has 2 aromatic carbocycles. The van der Waals surface area contributed by atoms with E-state index in [-0.39, 0.29) is 24.7 Å². The van der Waals surface area contributed by atoms with Crippen molar-refractivity contribution in [2.45, 2.75) is 12.6 Å². The molecule has 0 heterocycles. The molecule has 0 aliphatic heterocycles. The summed E-state index contributed by atoms with van der Waals surface area (Å²) in [7, 11) is 0. The molecule has 0 fully saturated rings. The summed E-state index contributed by atoms with van der Waals surface area (Å²) in [5, 5.41) is 7.83. The molecule has 0 saturated heterocycles. The lowest BCUT2D eigenvalue weighted by Crippen LogP contribution is -2.40. The second kappa shape index (κ2) is 9.61. The summed E-state index contributed by atoms with van der Waals surface area (Å²) in [5.74, 6) is -0.505. The highest BCUT2D eigenvalue weighted by Crippen LogP contribution is 2.28. The summed E-state index contributed by atoms with van der Waals surface area (Å²) in [6, 6.07) is 13.3. The van der Waals surface area contributed by atoms with E-state index < -0.39 is 17.6 Å². The molecule has 3 amide bonds. The third kappa shape index (κ3) is 7.01. The van der Waals surface area contributed by atoms with E-state index in [2.05, 4.69) is 16.0 Å². The second-order valence-corrected chi connectivity index (χ2v) is 5.75. The Morgan fingerprint density at radius 1 is 0.778 bits per heavy atom. The summed E-state index contributed by atoms with van der Waals surface area (Å²) in [4.78, 5) is 23.5. The van der Waals surface area contributed by atoms with Gasteiger partial charge in [-0.15, -0.1) is 0 Å². The van der Waals surface area contributed by atoms with Crippen LogP contribution >= 0.6 is 0 Å². The number of rotatable bonds is 7. The minimum Gasteiger partial charge on any atom is -0.350 e. The van der Waals surface area contributed by atoms with Crippen molar-refractivity contribution in [2.75, 3.05) is 19.6 Å². The van der Waals surface area contributed by atoms with Gasteiger partial charge in [-0.05, 0) is 36.2 Å². The van der Waals surface area contributed by atoms with Crippen molar-refractivity contribution in [3.8, 4) is 0 Å². The molecular weight excluding hydrogens is 359 g/mol. The molecule has 0 radical (unpaired) electrons. The summed E-state index contributed by atoms with van der Waals surface area (Å²) in [6.07, 6.45) is -3.73. The molecule has 144 valence electrons. The molecule has 0 spiro atoms. The first-order valence-electron chi connectivity index (χ1n) is 8.37. The maximum Gasteiger partial charge on any atom is 0.416 e. The van der Waals surface area contributed by atoms with Crippen LogP contribution in [0.4, 0.5) is 18.0 Å². The zero-order valence-electron chi connectivity index (χ0n) is 14.5. The normalized spacial score (nSPS) is 10.9. The minimum absolute atomic E-state index is 0.121. The summed E-state index contributed by atoms with van der Waals surface area (Å²) in [6.45, 7) is 0.837. The molecule has 0 atom stereocenters. The van der Waals surface area contributed by atoms with E-state index in [1.54, 1.807) is 0 Å². The zero-order chi connectivity index (χ0) is 19.7. The van der Waals surface area contributed by atoms with Gasteiger partial charge in [0.2, 0.25) is 0 Å². The molecule has 0 aliphatic carbocycles. The number of benzene rings is 2. The Labute approximate surface area is 155 Å². The van der Waals surface area contributed by atoms with Crippen LogP contribution in [0.15, 0.2) is 54.6 Å². The van der Waals surface area contributed by atoms with Crippen molar-refractivity contribution >= 4 is 11.9 Å². The van der Waals surface area contributed by atoms with E-state index in [9.17, 15) is 22.8 Å². The lowest BCUT2D eigenvalue weighted by molar-refractivity contribution is -0.137. The predicted molar refractivity (Wildman–Crippen MR) is 95.3 cm³/mol. The van der Waals surface area contributed by atoms with Crippen LogP contribution in [-0.2, 0) is 12.6 Å². The van der Waals surface area contributed by atoms with Crippen molar-refractivity contribution in [2.24, 2.45) is 0 Å². The van der Waals surface area contributed by atoms with Crippen LogP contribution in [-0.4, -0.2) is 31.6 Å². The molecule has 27 heavy (non-hydrogen) atoms. The van der Waals surface area contributed by atoms with Gasteiger partial charge in [-0.2, -0.15) is 13.2 Å². The number of carbonyl (C=O) groups is 2. The molecule has 5 nitrogen and oxygen atoms in total. The fraction of sp³-hybridized carbons (Fsp3) is 0.263. The molecule has 0 aliphatic rings. The smallest absolute Gasteiger partial charge is 0.350 e. The number of hydrogen-bond acceptors (Lipinski definition) is 2. The van der Waals surface area contributed by atoms with Crippen molar-refractivity contribution in [3.63, 3.8) is 0 Å². The molecule has 0 aromatic heterocycles. The van der Waals surface area contributed by atoms with Gasteiger partial charge in [0.1, 0.15) is 0 Å². The third-order valence-corrected chi connectivity index (χ3v) is 3.71. The van der Waals surface area contributed by atoms with Crippen LogP contribution in [0.2, 0.25) is 0 Å². The standard InChI is InChI=1S/C19H20F3N3O2/c20-19(21,22)16-8-6-15(7-9-16)17(26)23-12-13-25-18(27)24-11-10-14-4-2-1-3-5-14/h1-9H,10-13H2,(H,23,26)(H2,24,25,27). The SMILES string of the molecule is O=C(NCCNC(=O)c1ccc(C(F)(F)F)cc1)NCCc1ccccc1. The van der Waals surface area contributed by atoms with Crippen LogP contribution in [0.1, 0.15) is 21.5 Å². The average molecular weight is 379 g/mol. The Morgan fingerprint density at radius 3 is 2.00 bits per heavy atom. The maximum absolute atomic E-state index is 12.5. The van der Waals surface area contributed by atoms with Gasteiger partial charge in [-0.3, -0.25) is 4.79 Å². The van der Waals surface area contributed by atoms with Gasteiger partial charge >= 0.3 is 12.2 Å². The number of hydrogen-bond donors (Lipinski definition) is 3. The molecule has 2 rings (SSSR count). The Bertz CT molecular complexity index is 747. The Balaban J connectivity index is 1.62. The van der Waals surface area contributed by atoms with Gasteiger partial charge in [0, 0.05) is 25.2 Å². The predicted octanol–water partition coefficient (Wildman–Crippen LogP) is 2.98. The molecule has 0 bridgehead atoms. The number of urea groups is 1. The molecular formula is C19H20F3N3O2. The Kier molecular flexibility index (Phi) is 7.22. The highest BCUT2D eigenvalue weighted by molar-refractivity contribution is 5.94. The number of nitrogens with one attached hydrogen (secondary N) is 3. The zero-order valence-corrected chi connectivity index (χ0v) is 14.5. The van der Waals surface area contributed by atoms with Gasteiger partial charge in [-0.1, -0.05) is 30.3 Å². The first-order valence-corrected chi connectivity index (χ1v) is 8.37. The van der Waals surface area contributed by atoms with E-state index in [0.29, 0.717) is 13.0 Å². The average Bonchev–Trinajstić information content (AvgIpc) is 2.65. The molecule has 8 heteroatoms. The maximum atomic E-state index is 12.5. The number of amides is 3. The van der Waals surface area contributed by atoms with Gasteiger partial charge < -0.3 is 16.0 Å². The topological polar surface area (TPSA) is 70.2 Å². The van der Waals surface area contributed by atoms with Crippen molar-refractivity contribution in [1.29, 1.82) is 0 Å². The summed E-state index contributed by atoms with van der Waals surface area (Å²) in [5.41, 5.74) is 0.421. The molecule has 3 N–H and O–H groups in total. The van der Waals surface area contributed by atoms with E-state index >= 15 is 0 Å². The summed E-state index contributed by atoms with van der Waals surface area (Å²) < 4.78 is 37.4. The first-order chi connectivity index (χ1) is 12.9. The highest BCUT2D eigenvalue weighted by atomic mass is 19.4. The fourth-order valence-corrected chi connectivity index (χ4v) is 2.29. The van der Waals surface area contributed by atoms with Gasteiger partial charge in [0.25, 0.3) is 5.91 Å². The van der Waals surface area contributed by atoms with Crippen LogP contribution in [0.5, 0.6) is 0 Å². The van der Waals surface area contributed by atoms with Crippen molar-refractivity contribution in [1.82, 2.24) is 16.0 Å². The minimum atomic E-state index is -4.44. The first kappa shape index (κ1) is 20.3. The van der Waals surface area contributed by atoms with Gasteiger partial charge in [0.05, 0.1) is 5.56 Å². The molecule has 0 unspecified atom stereocenters. The number of halogens is 3. The highest BCUT2D eigenvalue weighted by Gasteiger charge is 2.30. The largest absolute Gasteiger partial charge is 0.416 e. The van der Waals surface area contributed by atoms with E-state index in [0.717, 1.165) is 29.8 Å². The quantitative estimate of drug-likeness (QED) is 0.648. The van der Waals surface area contributed by atoms with E-state index in [4.69, 9.17) is 0 Å². The lowest BCUT2D eigenvalue weighted by atomic mass is 10.1. The van der Waals surface area contributed by atoms with Crippen LogP contribution in [0, 0.1) is 0 Å². The van der Waals surface area contributed by atoms with Crippen LogP contribution in [0.25, 0.3) is 0 Å². The van der Waals surface area contributed by atoms with Crippen molar-refractivity contribution in [3.05, 3.63) is 71.3 Å². The number of carbonyl (C=O) groups excluding carboxylic acids is 2. The fourth-order valence-electron chi connectivity index (χ4n) is 2.29. The van der Waals surface area contributed by atoms with Gasteiger partial charge in [0.15, 0.2) is 0 Å². The van der Waals surface area contributed by atoms with Crippen LogP contribution in [0.3, 0.4) is 0 Å². The Hall–Kier alpha value is -3.03. The number of alkyl halides is 3. The van der Waals surface area contributed by atoms with Crippen molar-refractivity contribution < 1.29 is 22.8 Å². The van der Waals surface area contributed by atoms with E-state index in [1.165, 1.54) is 0 Å². The Morgan fingerprint density at radius 2 is 1.37 bits per heavy atom. The van der Waals surface area contributed by atoms with Crippen LogP contribution < -0.4 is 16.0 Å². The third-order valence-electron chi connectivity index (χ3n) is 3.71. The van der Waals surface area contributed by atoms with Gasteiger partial charge in [-0.25, -0.2) is 4.79 Å². The second-order valence-electron chi connectivity index (χ2n) is 5.75. The van der Waals surface area contributed by atoms with E-state index in [1.807, 2.05) is 30.3 Å².